The summed E-state index contributed by atoms with van der Waals surface area (Å²) in [4.78, 5) is 17.3. The van der Waals surface area contributed by atoms with Gasteiger partial charge in [-0.05, 0) is 23.8 Å². The molecule has 0 amide bonds. The van der Waals surface area contributed by atoms with Crippen LogP contribution in [-0.2, 0) is 4.74 Å². The lowest BCUT2D eigenvalue weighted by Gasteiger charge is -2.33. The van der Waals surface area contributed by atoms with Gasteiger partial charge in [-0.25, -0.2) is 4.98 Å². The average Bonchev–Trinajstić information content (AvgIpc) is 3.05. The molecule has 3 aromatic rings. The van der Waals surface area contributed by atoms with Crippen LogP contribution in [0.4, 0.5) is 10.8 Å². The third kappa shape index (κ3) is 3.30. The minimum atomic E-state index is -0.385. The average molecular weight is 376 g/mol. The Morgan fingerprint density at radius 3 is 2.84 bits per heavy atom. The largest absolute Gasteiger partial charge is 0.370 e. The zero-order valence-corrected chi connectivity index (χ0v) is 14.7. The maximum Gasteiger partial charge on any atom is 0.270 e. The normalized spacial score (nSPS) is 17.8. The van der Waals surface area contributed by atoms with Gasteiger partial charge in [0.05, 0.1) is 28.3 Å². The van der Waals surface area contributed by atoms with Crippen LogP contribution in [0.15, 0.2) is 42.5 Å². The fourth-order valence-electron chi connectivity index (χ4n) is 2.85. The molecule has 8 heteroatoms. The standard InChI is InChI=1S/C17H14ClN3O3S/c18-12-3-1-11(2-4-12)15-10-20(7-8-24-15)17-19-14-6-5-13(21(22)23)9-16(14)25-17/h1-6,9,15H,7-8,10H2. The molecule has 1 fully saturated rings. The number of rotatable bonds is 3. The quantitative estimate of drug-likeness (QED) is 0.500. The van der Waals surface area contributed by atoms with Crippen LogP contribution in [-0.4, -0.2) is 29.6 Å². The van der Waals surface area contributed by atoms with Crippen molar-refractivity contribution >= 4 is 44.0 Å². The number of nitro groups is 1. The van der Waals surface area contributed by atoms with E-state index in [2.05, 4.69) is 9.88 Å². The highest BCUT2D eigenvalue weighted by Gasteiger charge is 2.24. The van der Waals surface area contributed by atoms with Gasteiger partial charge in [-0.2, -0.15) is 0 Å². The van der Waals surface area contributed by atoms with Crippen molar-refractivity contribution in [2.45, 2.75) is 6.10 Å². The van der Waals surface area contributed by atoms with Crippen LogP contribution >= 0.6 is 22.9 Å². The number of hydrogen-bond donors (Lipinski definition) is 0. The second kappa shape index (κ2) is 6.59. The molecule has 1 aliphatic rings. The summed E-state index contributed by atoms with van der Waals surface area (Å²) in [6, 6.07) is 12.4. The monoisotopic (exact) mass is 375 g/mol. The molecule has 1 saturated heterocycles. The van der Waals surface area contributed by atoms with E-state index < -0.39 is 0 Å². The number of nitrogens with zero attached hydrogens (tertiary/aromatic N) is 3. The molecule has 2 heterocycles. The molecular weight excluding hydrogens is 362 g/mol. The van der Waals surface area contributed by atoms with Crippen LogP contribution in [0.2, 0.25) is 5.02 Å². The van der Waals surface area contributed by atoms with E-state index in [4.69, 9.17) is 16.3 Å². The molecule has 2 aromatic carbocycles. The summed E-state index contributed by atoms with van der Waals surface area (Å²) in [6.07, 6.45) is -0.0487. The Morgan fingerprint density at radius 2 is 2.08 bits per heavy atom. The van der Waals surface area contributed by atoms with E-state index >= 15 is 0 Å². The van der Waals surface area contributed by atoms with Gasteiger partial charge in [0, 0.05) is 23.7 Å². The van der Waals surface area contributed by atoms with Crippen molar-refractivity contribution in [2.24, 2.45) is 0 Å². The second-order valence-electron chi connectivity index (χ2n) is 5.76. The number of nitro benzene ring substituents is 1. The fraction of sp³-hybridized carbons (Fsp3) is 0.235. The summed E-state index contributed by atoms with van der Waals surface area (Å²) in [5, 5.41) is 12.5. The summed E-state index contributed by atoms with van der Waals surface area (Å²) in [5.41, 5.74) is 1.94. The van der Waals surface area contributed by atoms with Gasteiger partial charge in [0.25, 0.3) is 5.69 Å². The molecule has 6 nitrogen and oxygen atoms in total. The number of halogens is 1. The lowest BCUT2D eigenvalue weighted by Crippen LogP contribution is -2.38. The summed E-state index contributed by atoms with van der Waals surface area (Å²) < 4.78 is 6.70. The van der Waals surface area contributed by atoms with Crippen LogP contribution < -0.4 is 4.90 Å². The number of anilines is 1. The highest BCUT2D eigenvalue weighted by molar-refractivity contribution is 7.22. The Morgan fingerprint density at radius 1 is 1.28 bits per heavy atom. The van der Waals surface area contributed by atoms with Crippen LogP contribution in [0.3, 0.4) is 0 Å². The van der Waals surface area contributed by atoms with Crippen LogP contribution in [0, 0.1) is 10.1 Å². The van der Waals surface area contributed by atoms with E-state index in [-0.39, 0.29) is 16.7 Å². The molecule has 128 valence electrons. The van der Waals surface area contributed by atoms with E-state index in [9.17, 15) is 10.1 Å². The minimum absolute atomic E-state index is 0.0487. The second-order valence-corrected chi connectivity index (χ2v) is 7.21. The smallest absolute Gasteiger partial charge is 0.270 e. The molecule has 1 unspecified atom stereocenters. The number of aromatic nitrogens is 1. The Bertz CT molecular complexity index is 929. The summed E-state index contributed by atoms with van der Waals surface area (Å²) in [7, 11) is 0. The predicted octanol–water partition coefficient (Wildman–Crippen LogP) is 4.44. The van der Waals surface area contributed by atoms with Gasteiger partial charge >= 0.3 is 0 Å². The molecule has 0 saturated carbocycles. The zero-order chi connectivity index (χ0) is 17.4. The van der Waals surface area contributed by atoms with E-state index in [0.717, 1.165) is 27.5 Å². The highest BCUT2D eigenvalue weighted by atomic mass is 35.5. The van der Waals surface area contributed by atoms with E-state index in [1.54, 1.807) is 12.1 Å². The summed E-state index contributed by atoms with van der Waals surface area (Å²) in [5.74, 6) is 0. The first kappa shape index (κ1) is 16.3. The predicted molar refractivity (Wildman–Crippen MR) is 98.6 cm³/mol. The lowest BCUT2D eigenvalue weighted by molar-refractivity contribution is -0.384. The van der Waals surface area contributed by atoms with Gasteiger partial charge < -0.3 is 9.64 Å². The Hall–Kier alpha value is -2.22. The fourth-order valence-corrected chi connectivity index (χ4v) is 4.01. The Labute approximate surface area is 152 Å². The molecule has 25 heavy (non-hydrogen) atoms. The van der Waals surface area contributed by atoms with E-state index in [1.807, 2.05) is 24.3 Å². The number of thiazole rings is 1. The van der Waals surface area contributed by atoms with Crippen molar-refractivity contribution in [1.29, 1.82) is 0 Å². The van der Waals surface area contributed by atoms with Crippen LogP contribution in [0.1, 0.15) is 11.7 Å². The van der Waals surface area contributed by atoms with Crippen LogP contribution in [0.5, 0.6) is 0 Å². The minimum Gasteiger partial charge on any atom is -0.370 e. The van der Waals surface area contributed by atoms with Gasteiger partial charge in [0.15, 0.2) is 5.13 Å². The van der Waals surface area contributed by atoms with Gasteiger partial charge in [-0.3, -0.25) is 10.1 Å². The number of morpholine rings is 1. The number of hydrogen-bond acceptors (Lipinski definition) is 6. The van der Waals surface area contributed by atoms with Crippen molar-refractivity contribution in [3.63, 3.8) is 0 Å². The van der Waals surface area contributed by atoms with Gasteiger partial charge in [0.1, 0.15) is 6.10 Å². The number of non-ortho nitro benzene ring substituents is 1. The maximum atomic E-state index is 10.9. The molecule has 0 spiro atoms. The number of fused-ring (bicyclic) bond motifs is 1. The molecule has 1 atom stereocenters. The first-order valence-corrected chi connectivity index (χ1v) is 8.96. The van der Waals surface area contributed by atoms with E-state index in [0.29, 0.717) is 18.2 Å². The van der Waals surface area contributed by atoms with E-state index in [1.165, 1.54) is 17.4 Å². The summed E-state index contributed by atoms with van der Waals surface area (Å²) in [6.45, 7) is 2.03. The Balaban J connectivity index is 1.59. The zero-order valence-electron chi connectivity index (χ0n) is 13.1. The SMILES string of the molecule is O=[N+]([O-])c1ccc2nc(N3CCOC(c4ccc(Cl)cc4)C3)sc2c1. The molecule has 4 rings (SSSR count). The van der Waals surface area contributed by atoms with Gasteiger partial charge in [0.2, 0.25) is 0 Å². The van der Waals surface area contributed by atoms with Crippen molar-refractivity contribution in [1.82, 2.24) is 4.98 Å². The van der Waals surface area contributed by atoms with Crippen LogP contribution in [0.25, 0.3) is 10.2 Å². The first-order valence-electron chi connectivity index (χ1n) is 7.77. The molecule has 0 N–H and O–H groups in total. The molecule has 1 aliphatic heterocycles. The Kier molecular flexibility index (Phi) is 4.29. The maximum absolute atomic E-state index is 10.9. The molecule has 1 aromatic heterocycles. The van der Waals surface area contributed by atoms with Gasteiger partial charge in [-0.1, -0.05) is 35.1 Å². The highest BCUT2D eigenvalue weighted by Crippen LogP contribution is 2.34. The van der Waals surface area contributed by atoms with Gasteiger partial charge in [-0.15, -0.1) is 0 Å². The molecule has 0 aliphatic carbocycles. The topological polar surface area (TPSA) is 68.5 Å². The van der Waals surface area contributed by atoms with Crippen molar-refractivity contribution in [2.75, 3.05) is 24.6 Å². The third-order valence-corrected chi connectivity index (χ3v) is 5.48. The first-order chi connectivity index (χ1) is 12.1. The lowest BCUT2D eigenvalue weighted by atomic mass is 10.1. The molecule has 0 radical (unpaired) electrons. The number of benzene rings is 2. The van der Waals surface area contributed by atoms with Crippen molar-refractivity contribution in [3.8, 4) is 0 Å². The third-order valence-electron chi connectivity index (χ3n) is 4.15. The number of ether oxygens (including phenoxy) is 1. The molecular formula is C17H14ClN3O3S. The van der Waals surface area contributed by atoms with Crippen molar-refractivity contribution in [3.05, 3.63) is 63.2 Å². The molecule has 0 bridgehead atoms. The summed E-state index contributed by atoms with van der Waals surface area (Å²) >= 11 is 7.42. The van der Waals surface area contributed by atoms with Crippen molar-refractivity contribution < 1.29 is 9.66 Å².